The van der Waals surface area contributed by atoms with Gasteiger partial charge in [0.05, 0.1) is 0 Å². The van der Waals surface area contributed by atoms with Crippen molar-refractivity contribution in [1.82, 2.24) is 0 Å². The molecule has 1 amide bonds. The number of amides is 1. The highest BCUT2D eigenvalue weighted by atomic mass is 16.6. The molecule has 92 valence electrons. The molecule has 0 aliphatic rings. The molecule has 3 N–H and O–H groups in total. The molecule has 0 aliphatic carbocycles. The number of carbonyl (C=O) groups excluding carboxylic acids is 1. The predicted molar refractivity (Wildman–Crippen MR) is 67.9 cm³/mol. The average molecular weight is 235 g/mol. The van der Waals surface area contributed by atoms with Gasteiger partial charge in [-0.3, -0.25) is 5.32 Å². The molecule has 0 radical (unpaired) electrons. The Balaban J connectivity index is 2.37. The van der Waals surface area contributed by atoms with Gasteiger partial charge in [-0.25, -0.2) is 9.79 Å². The second-order valence-corrected chi connectivity index (χ2v) is 3.45. The van der Waals surface area contributed by atoms with E-state index in [-0.39, 0.29) is 6.02 Å². The molecule has 0 fully saturated rings. The number of unbranched alkanes of at least 4 members (excludes halogenated alkanes) is 1. The first-order valence-corrected chi connectivity index (χ1v) is 5.56. The minimum Gasteiger partial charge on any atom is -0.376 e. The largest absolute Gasteiger partial charge is 0.419 e. The Morgan fingerprint density at radius 3 is 2.76 bits per heavy atom. The van der Waals surface area contributed by atoms with E-state index in [0.717, 1.165) is 12.8 Å². The van der Waals surface area contributed by atoms with Gasteiger partial charge in [-0.1, -0.05) is 31.5 Å². The van der Waals surface area contributed by atoms with Gasteiger partial charge in [0, 0.05) is 12.2 Å². The Hall–Kier alpha value is -2.04. The number of aliphatic imine (C=N–C) groups is 1. The van der Waals surface area contributed by atoms with E-state index in [4.69, 9.17) is 10.5 Å². The highest BCUT2D eigenvalue weighted by Crippen LogP contribution is 2.05. The van der Waals surface area contributed by atoms with Crippen molar-refractivity contribution in [2.24, 2.45) is 10.7 Å². The van der Waals surface area contributed by atoms with E-state index in [2.05, 4.69) is 17.2 Å². The van der Waals surface area contributed by atoms with Crippen LogP contribution in [0.2, 0.25) is 0 Å². The summed E-state index contributed by atoms with van der Waals surface area (Å²) in [6.45, 7) is 2.62. The highest BCUT2D eigenvalue weighted by Gasteiger charge is 2.04. The van der Waals surface area contributed by atoms with Crippen LogP contribution in [0.4, 0.5) is 10.5 Å². The standard InChI is InChI=1S/C12H17N3O2/c1-2-3-9-14-11(13)17-12(16)15-10-7-5-4-6-8-10/h4-8H,2-3,9H2,1H3,(H2,13,14)(H,15,16). The molecule has 0 saturated heterocycles. The SMILES string of the molecule is CCCCN=C(N)OC(=O)Nc1ccccc1. The molecule has 17 heavy (non-hydrogen) atoms. The monoisotopic (exact) mass is 235 g/mol. The quantitative estimate of drug-likeness (QED) is 0.477. The minimum absolute atomic E-state index is 0.105. The number of para-hydroxylation sites is 1. The maximum absolute atomic E-state index is 11.4. The first kappa shape index (κ1) is 13.0. The van der Waals surface area contributed by atoms with Crippen molar-refractivity contribution >= 4 is 17.8 Å². The van der Waals surface area contributed by atoms with E-state index in [0.29, 0.717) is 12.2 Å². The molecular formula is C12H17N3O2. The number of nitrogens with one attached hydrogen (secondary N) is 1. The molecule has 0 bridgehead atoms. The van der Waals surface area contributed by atoms with Gasteiger partial charge in [0.1, 0.15) is 0 Å². The Kier molecular flexibility index (Phi) is 5.57. The number of carbonyl (C=O) groups is 1. The maximum Gasteiger partial charge on any atom is 0.419 e. The van der Waals surface area contributed by atoms with Crippen LogP contribution < -0.4 is 11.1 Å². The van der Waals surface area contributed by atoms with Crippen molar-refractivity contribution in [2.45, 2.75) is 19.8 Å². The fourth-order valence-corrected chi connectivity index (χ4v) is 1.14. The Morgan fingerprint density at radius 1 is 1.41 bits per heavy atom. The molecule has 1 aromatic carbocycles. The highest BCUT2D eigenvalue weighted by molar-refractivity contribution is 5.93. The summed E-state index contributed by atoms with van der Waals surface area (Å²) in [5.74, 6) is 0. The topological polar surface area (TPSA) is 76.7 Å². The van der Waals surface area contributed by atoms with Gasteiger partial charge in [-0.15, -0.1) is 0 Å². The van der Waals surface area contributed by atoms with Crippen molar-refractivity contribution in [1.29, 1.82) is 0 Å². The van der Waals surface area contributed by atoms with Crippen molar-refractivity contribution in [3.63, 3.8) is 0 Å². The second-order valence-electron chi connectivity index (χ2n) is 3.45. The molecule has 0 heterocycles. The lowest BCUT2D eigenvalue weighted by atomic mass is 10.3. The van der Waals surface area contributed by atoms with Gasteiger partial charge in [0.15, 0.2) is 0 Å². The number of benzene rings is 1. The van der Waals surface area contributed by atoms with Gasteiger partial charge < -0.3 is 10.5 Å². The second kappa shape index (κ2) is 7.27. The summed E-state index contributed by atoms with van der Waals surface area (Å²) >= 11 is 0. The molecular weight excluding hydrogens is 218 g/mol. The lowest BCUT2D eigenvalue weighted by molar-refractivity contribution is 0.211. The molecule has 1 rings (SSSR count). The number of ether oxygens (including phenoxy) is 1. The van der Waals surface area contributed by atoms with Crippen LogP contribution in [0, 0.1) is 0 Å². The summed E-state index contributed by atoms with van der Waals surface area (Å²) in [5, 5.41) is 2.54. The van der Waals surface area contributed by atoms with Crippen molar-refractivity contribution in [3.8, 4) is 0 Å². The van der Waals surface area contributed by atoms with Gasteiger partial charge in [0.2, 0.25) is 0 Å². The van der Waals surface area contributed by atoms with E-state index in [9.17, 15) is 4.79 Å². The number of rotatable bonds is 4. The zero-order valence-electron chi connectivity index (χ0n) is 9.85. The van der Waals surface area contributed by atoms with Crippen LogP contribution in [0.15, 0.2) is 35.3 Å². The third kappa shape index (κ3) is 5.55. The average Bonchev–Trinajstić information content (AvgIpc) is 2.30. The Morgan fingerprint density at radius 2 is 2.12 bits per heavy atom. The predicted octanol–water partition coefficient (Wildman–Crippen LogP) is 2.35. The number of hydrogen-bond acceptors (Lipinski definition) is 3. The van der Waals surface area contributed by atoms with E-state index < -0.39 is 6.09 Å². The Labute approximate surface area is 101 Å². The van der Waals surface area contributed by atoms with Gasteiger partial charge >= 0.3 is 6.09 Å². The molecule has 1 aromatic rings. The third-order valence-corrected chi connectivity index (χ3v) is 2.00. The van der Waals surface area contributed by atoms with Gasteiger partial charge in [0.25, 0.3) is 6.02 Å². The summed E-state index contributed by atoms with van der Waals surface area (Å²) in [6, 6.07) is 8.89. The van der Waals surface area contributed by atoms with Crippen molar-refractivity contribution in [3.05, 3.63) is 30.3 Å². The van der Waals surface area contributed by atoms with Crippen molar-refractivity contribution < 1.29 is 9.53 Å². The first-order chi connectivity index (χ1) is 8.22. The molecule has 5 nitrogen and oxygen atoms in total. The molecule has 0 saturated carbocycles. The van der Waals surface area contributed by atoms with E-state index in [1.807, 2.05) is 18.2 Å². The molecule has 0 atom stereocenters. The number of hydrogen-bond donors (Lipinski definition) is 2. The van der Waals surface area contributed by atoms with Crippen LogP contribution in [-0.2, 0) is 4.74 Å². The van der Waals surface area contributed by atoms with Crippen LogP contribution in [0.1, 0.15) is 19.8 Å². The van der Waals surface area contributed by atoms with Gasteiger partial charge in [-0.2, -0.15) is 0 Å². The Bertz CT molecular complexity index is 377. The summed E-state index contributed by atoms with van der Waals surface area (Å²) in [5.41, 5.74) is 6.09. The fraction of sp³-hybridized carbons (Fsp3) is 0.333. The summed E-state index contributed by atoms with van der Waals surface area (Å²) in [4.78, 5) is 15.3. The van der Waals surface area contributed by atoms with Crippen molar-refractivity contribution in [2.75, 3.05) is 11.9 Å². The van der Waals surface area contributed by atoms with Crippen LogP contribution in [0.25, 0.3) is 0 Å². The normalized spacial score (nSPS) is 11.0. The van der Waals surface area contributed by atoms with Crippen LogP contribution >= 0.6 is 0 Å². The first-order valence-electron chi connectivity index (χ1n) is 5.56. The van der Waals surface area contributed by atoms with E-state index in [1.54, 1.807) is 12.1 Å². The summed E-state index contributed by atoms with van der Waals surface area (Å²) in [6.07, 6.45) is 1.31. The molecule has 0 aromatic heterocycles. The smallest absolute Gasteiger partial charge is 0.376 e. The van der Waals surface area contributed by atoms with Crippen LogP contribution in [0.3, 0.4) is 0 Å². The molecule has 0 unspecified atom stereocenters. The number of anilines is 1. The zero-order valence-corrected chi connectivity index (χ0v) is 9.85. The number of nitrogens with zero attached hydrogens (tertiary/aromatic N) is 1. The molecule has 0 aliphatic heterocycles. The lowest BCUT2D eigenvalue weighted by Gasteiger charge is -2.05. The summed E-state index contributed by atoms with van der Waals surface area (Å²) < 4.78 is 4.78. The lowest BCUT2D eigenvalue weighted by Crippen LogP contribution is -2.24. The van der Waals surface area contributed by atoms with Gasteiger partial charge in [-0.05, 0) is 18.6 Å². The molecule has 5 heteroatoms. The van der Waals surface area contributed by atoms with E-state index in [1.165, 1.54) is 0 Å². The van der Waals surface area contributed by atoms with Crippen LogP contribution in [-0.4, -0.2) is 18.7 Å². The number of amidine groups is 1. The van der Waals surface area contributed by atoms with E-state index >= 15 is 0 Å². The zero-order chi connectivity index (χ0) is 12.5. The summed E-state index contributed by atoms with van der Waals surface area (Å²) in [7, 11) is 0. The minimum atomic E-state index is -0.631. The molecule has 0 spiro atoms. The fourth-order valence-electron chi connectivity index (χ4n) is 1.14. The number of nitrogens with two attached hydrogens (primary N) is 1. The van der Waals surface area contributed by atoms with Crippen LogP contribution in [0.5, 0.6) is 0 Å². The third-order valence-electron chi connectivity index (χ3n) is 2.00. The maximum atomic E-state index is 11.4.